The summed E-state index contributed by atoms with van der Waals surface area (Å²) >= 11 is 0. The highest BCUT2D eigenvalue weighted by molar-refractivity contribution is 6.00. The number of halogens is 5. The molecule has 135 heavy (non-hydrogen) atoms. The van der Waals surface area contributed by atoms with Gasteiger partial charge in [-0.25, -0.2) is 49.4 Å². The zero-order chi connectivity index (χ0) is 98.4. The standard InChI is InChI=1S/C25H32N.4C20H21FN.C19H19FN/c1-15(2)21-13-20-9-10-26(8)25(24(20)14-22(21)16(3)4)23-12-17(5)11-18(6)19(23)7;1-12-6-7-17-16(10-12)8-9-22(5)20(17)18-11-13(2)19(21)15(4)14(18)3;1-12-6-7-16-8-9-22(5)20(18(16)10-12)17-11-13(2)19(21)15(4)14(17)3;1-12-7-6-8-17-16(12)9-10-22(5)20(17)18-11-13(2)19(21)15(4)14(18)3;1-12-10-18(14(3)15(4)19(12)21)20-17-9-7-6-8-16(17)13(2)11-22(20)5;1-12-11-17(13(2)14(3)18(12)20)19-16-8-6-5-7-15(16)9-10-21(19)4/h9-16H,1-8H3;4*6-11H,1-5H3;5-11H,1-4H3/q6*+1. The normalized spacial score (nSPS) is 11.3. The van der Waals surface area contributed by atoms with Crippen LogP contribution in [-0.4, -0.2) is 0 Å². The van der Waals surface area contributed by atoms with Crippen LogP contribution in [0.3, 0.4) is 0 Å². The van der Waals surface area contributed by atoms with Crippen molar-refractivity contribution in [2.45, 2.75) is 192 Å². The van der Waals surface area contributed by atoms with Gasteiger partial charge in [0.2, 0.25) is 34.2 Å². The minimum Gasteiger partial charge on any atom is -0.206 e. The lowest BCUT2D eigenvalue weighted by Crippen LogP contribution is -2.31. The van der Waals surface area contributed by atoms with E-state index in [4.69, 9.17) is 0 Å². The number of fused-ring (bicyclic) bond motifs is 6. The highest BCUT2D eigenvalue weighted by Gasteiger charge is 2.29. The number of benzene rings is 12. The Morgan fingerprint density at radius 3 is 0.926 bits per heavy atom. The van der Waals surface area contributed by atoms with Crippen molar-refractivity contribution in [1.82, 2.24) is 0 Å². The van der Waals surface area contributed by atoms with Crippen LogP contribution in [0.15, 0.2) is 225 Å². The molecule has 0 saturated carbocycles. The summed E-state index contributed by atoms with van der Waals surface area (Å²) in [5.41, 5.74) is 38.1. The summed E-state index contributed by atoms with van der Waals surface area (Å²) < 4.78 is 83.6. The molecule has 0 bridgehead atoms. The second-order valence-electron chi connectivity index (χ2n) is 38.7. The maximum Gasteiger partial charge on any atom is 0.220 e. The van der Waals surface area contributed by atoms with Gasteiger partial charge in [0, 0.05) is 35.9 Å². The molecular formula is C124H135F5N6+6. The molecule has 0 atom stereocenters. The summed E-state index contributed by atoms with van der Waals surface area (Å²) in [5.74, 6) is 0.577. The van der Waals surface area contributed by atoms with Crippen molar-refractivity contribution in [1.29, 1.82) is 0 Å². The van der Waals surface area contributed by atoms with E-state index in [0.717, 1.165) is 112 Å². The monoisotopic (exact) mass is 1800 g/mol. The number of aromatic nitrogens is 6. The molecule has 0 aliphatic carbocycles. The van der Waals surface area contributed by atoms with Crippen molar-refractivity contribution in [3.05, 3.63) is 388 Å². The molecule has 11 heteroatoms. The molecule has 0 spiro atoms. The molecule has 0 aliphatic heterocycles. The van der Waals surface area contributed by atoms with E-state index in [-0.39, 0.29) is 29.1 Å². The van der Waals surface area contributed by atoms with Gasteiger partial charge in [-0.15, -0.1) is 0 Å². The zero-order valence-electron chi connectivity index (χ0n) is 85.6. The number of hydrogen-bond acceptors (Lipinski definition) is 0. The minimum absolute atomic E-state index is 0.0969. The second-order valence-corrected chi connectivity index (χ2v) is 38.7. The quantitative estimate of drug-likeness (QED) is 0.107. The van der Waals surface area contributed by atoms with Gasteiger partial charge in [-0.05, 0) is 381 Å². The second kappa shape index (κ2) is 40.5. The fraction of sp³-hybridized carbons (Fsp3) is 0.274. The number of aryl methyl sites for hydroxylation is 17. The van der Waals surface area contributed by atoms with Crippen molar-refractivity contribution in [2.75, 3.05) is 0 Å². The molecule has 0 aliphatic rings. The lowest BCUT2D eigenvalue weighted by atomic mass is 9.86. The Labute approximate surface area is 798 Å². The van der Waals surface area contributed by atoms with Gasteiger partial charge in [0.1, 0.15) is 71.4 Å². The molecule has 12 aromatic carbocycles. The van der Waals surface area contributed by atoms with Gasteiger partial charge >= 0.3 is 0 Å². The molecular weight excluding hydrogens is 1670 g/mol. The van der Waals surface area contributed by atoms with E-state index >= 15 is 0 Å². The first-order chi connectivity index (χ1) is 63.8. The Morgan fingerprint density at radius 2 is 0.496 bits per heavy atom. The van der Waals surface area contributed by atoms with E-state index in [1.54, 1.807) is 0 Å². The Balaban J connectivity index is 0.000000137. The first kappa shape index (κ1) is 99.2. The van der Waals surface area contributed by atoms with Crippen molar-refractivity contribution >= 4 is 64.6 Å². The fourth-order valence-electron chi connectivity index (χ4n) is 19.7. The van der Waals surface area contributed by atoms with Crippen molar-refractivity contribution < 1.29 is 49.4 Å². The average Bonchev–Trinajstić information content (AvgIpc) is 0.765. The van der Waals surface area contributed by atoms with E-state index in [1.165, 1.54) is 126 Å². The summed E-state index contributed by atoms with van der Waals surface area (Å²) in [6, 6.07) is 66.1. The first-order valence-corrected chi connectivity index (χ1v) is 47.1. The summed E-state index contributed by atoms with van der Waals surface area (Å²) in [7, 11) is 12.4. The van der Waals surface area contributed by atoms with Gasteiger partial charge in [-0.2, -0.15) is 0 Å². The molecule has 0 unspecified atom stereocenters. The molecule has 690 valence electrons. The molecule has 0 amide bonds. The van der Waals surface area contributed by atoms with Crippen LogP contribution in [0.4, 0.5) is 22.0 Å². The Bertz CT molecular complexity index is 7570. The summed E-state index contributed by atoms with van der Waals surface area (Å²) in [5, 5.41) is 14.8. The molecule has 0 saturated heterocycles. The van der Waals surface area contributed by atoms with E-state index in [2.05, 4.69) is 300 Å². The van der Waals surface area contributed by atoms with Crippen molar-refractivity contribution in [3.8, 4) is 67.5 Å². The van der Waals surface area contributed by atoms with Gasteiger partial charge in [0.25, 0.3) is 0 Å². The van der Waals surface area contributed by atoms with Crippen LogP contribution in [-0.2, 0) is 42.3 Å². The average molecular weight is 1800 g/mol. The van der Waals surface area contributed by atoms with Crippen LogP contribution < -0.4 is 27.4 Å². The number of nitrogens with zero attached hydrogens (tertiary/aromatic N) is 6. The molecule has 6 aromatic heterocycles. The Hall–Kier alpha value is -13.3. The van der Waals surface area contributed by atoms with Crippen LogP contribution in [0.25, 0.3) is 132 Å². The third-order valence-corrected chi connectivity index (χ3v) is 28.3. The topological polar surface area (TPSA) is 23.3 Å². The van der Waals surface area contributed by atoms with Crippen LogP contribution in [0.2, 0.25) is 0 Å². The molecule has 6 heterocycles. The summed E-state index contributed by atoms with van der Waals surface area (Å²) in [6.45, 7) is 52.8. The molecule has 18 rings (SSSR count). The van der Waals surface area contributed by atoms with Crippen molar-refractivity contribution in [3.63, 3.8) is 0 Å². The predicted octanol–water partition coefficient (Wildman–Crippen LogP) is 29.7. The zero-order valence-corrected chi connectivity index (χ0v) is 85.6. The fourth-order valence-corrected chi connectivity index (χ4v) is 19.7. The summed E-state index contributed by atoms with van der Waals surface area (Å²) in [4.78, 5) is 0. The summed E-state index contributed by atoms with van der Waals surface area (Å²) in [6.07, 6.45) is 12.6. The molecule has 0 fully saturated rings. The van der Waals surface area contributed by atoms with Crippen molar-refractivity contribution in [2.24, 2.45) is 42.3 Å². The highest BCUT2D eigenvalue weighted by Crippen LogP contribution is 2.42. The van der Waals surface area contributed by atoms with E-state index in [1.807, 2.05) is 175 Å². The maximum atomic E-state index is 14.2. The molecule has 0 radical (unpaired) electrons. The van der Waals surface area contributed by atoms with Crippen LogP contribution >= 0.6 is 0 Å². The van der Waals surface area contributed by atoms with Gasteiger partial charge in [-0.3, -0.25) is 0 Å². The van der Waals surface area contributed by atoms with Crippen LogP contribution in [0.1, 0.15) is 173 Å². The van der Waals surface area contributed by atoms with E-state index < -0.39 is 0 Å². The molecule has 0 N–H and O–H groups in total. The van der Waals surface area contributed by atoms with E-state index in [0.29, 0.717) is 39.7 Å². The molecule has 6 nitrogen and oxygen atoms in total. The lowest BCUT2D eigenvalue weighted by molar-refractivity contribution is -0.659. The SMILES string of the molecule is Cc1cc(-c2c3cccc(C)c3cc[n+]2C)c(C)c(C)c1F.Cc1cc(-c2c3ccccc3c(C)c[n+]2C)c(C)c(C)c1F.Cc1cc(-c2c3ccccc3cc[n+]2C)c(C)c(C)c1F.Cc1cc(C)c(C)c(-c2c3cc(C(C)C)c(C(C)C)cc3cc[n+]2C)c1.Cc1ccc2c(-c3cc(C)c(F)c(C)c3C)[n+](C)ccc2c1.Cc1ccc2cc[n+](C)c(-c3cc(C)c(F)c(C)c3C)c2c1. The maximum absolute atomic E-state index is 14.2. The van der Waals surface area contributed by atoms with Crippen LogP contribution in [0, 0.1) is 181 Å². The van der Waals surface area contributed by atoms with Gasteiger partial charge < -0.3 is 0 Å². The third-order valence-electron chi connectivity index (χ3n) is 28.3. The number of hydrogen-bond donors (Lipinski definition) is 0. The molecule has 18 aromatic rings. The van der Waals surface area contributed by atoms with E-state index in [9.17, 15) is 22.0 Å². The Morgan fingerprint density at radius 1 is 0.193 bits per heavy atom. The number of rotatable bonds is 8. The number of pyridine rings is 6. The smallest absolute Gasteiger partial charge is 0.206 e. The lowest BCUT2D eigenvalue weighted by Gasteiger charge is -2.18. The largest absolute Gasteiger partial charge is 0.220 e. The highest BCUT2D eigenvalue weighted by atomic mass is 19.1. The minimum atomic E-state index is -0.0980. The Kier molecular flexibility index (Phi) is 29.8. The van der Waals surface area contributed by atoms with Crippen LogP contribution in [0.5, 0.6) is 0 Å². The van der Waals surface area contributed by atoms with Gasteiger partial charge in [0.15, 0.2) is 37.2 Å². The third kappa shape index (κ3) is 19.7. The van der Waals surface area contributed by atoms with Gasteiger partial charge in [-0.1, -0.05) is 129 Å². The van der Waals surface area contributed by atoms with Gasteiger partial charge in [0.05, 0.1) is 65.7 Å². The predicted molar refractivity (Wildman–Crippen MR) is 556 cm³/mol. The first-order valence-electron chi connectivity index (χ1n) is 47.1.